The van der Waals surface area contributed by atoms with Crippen molar-refractivity contribution in [2.24, 2.45) is 4.99 Å². The maximum Gasteiger partial charge on any atom is 0.305 e. The Balaban J connectivity index is 1.44. The van der Waals surface area contributed by atoms with Crippen LogP contribution in [0.4, 0.5) is 18.9 Å². The zero-order chi connectivity index (χ0) is 27.2. The molecule has 2 amide bonds. The predicted molar refractivity (Wildman–Crippen MR) is 132 cm³/mol. The fraction of sp³-hybridized carbons (Fsp3) is 0.292. The molecule has 0 bridgehead atoms. The summed E-state index contributed by atoms with van der Waals surface area (Å²) in [6.45, 7) is -0.418. The molecule has 6 N–H and O–H groups in total. The topological polar surface area (TPSA) is 161 Å². The first-order chi connectivity index (χ1) is 18.2. The van der Waals surface area contributed by atoms with Gasteiger partial charge in [0, 0.05) is 16.5 Å². The van der Waals surface area contributed by atoms with Crippen LogP contribution >= 0.6 is 0 Å². The minimum absolute atomic E-state index is 0.00550. The molecule has 2 heterocycles. The number of nitrogens with one attached hydrogen (secondary N) is 5. The number of nitrogens with zero attached hydrogens (tertiary/aromatic N) is 2. The summed E-state index contributed by atoms with van der Waals surface area (Å²) in [5.74, 6) is -2.24. The molecule has 200 valence electrons. The number of aliphatic carboxylic acids is 1. The molecule has 0 aliphatic carbocycles. The second kappa shape index (κ2) is 11.6. The largest absolute Gasteiger partial charge is 0.481 e. The van der Waals surface area contributed by atoms with Gasteiger partial charge in [0.15, 0.2) is 5.96 Å². The van der Waals surface area contributed by atoms with Gasteiger partial charge in [-0.15, -0.1) is 0 Å². The summed E-state index contributed by atoms with van der Waals surface area (Å²) >= 11 is 0. The van der Waals surface area contributed by atoms with E-state index < -0.39 is 49.4 Å². The normalized spacial score (nSPS) is 15.9. The summed E-state index contributed by atoms with van der Waals surface area (Å²) in [5.41, 5.74) is 1.05. The molecule has 4 rings (SSSR count). The van der Waals surface area contributed by atoms with E-state index in [2.05, 4.69) is 36.5 Å². The molecular weight excluding hydrogens is 507 g/mol. The fourth-order valence-electron chi connectivity index (χ4n) is 3.86. The molecule has 0 saturated carbocycles. The Bertz CT molecular complexity index is 1380. The van der Waals surface area contributed by atoms with Gasteiger partial charge < -0.3 is 26.4 Å². The highest BCUT2D eigenvalue weighted by Crippen LogP contribution is 2.25. The minimum Gasteiger partial charge on any atom is -0.481 e. The third-order valence-corrected chi connectivity index (χ3v) is 5.70. The van der Waals surface area contributed by atoms with Crippen LogP contribution in [0.1, 0.15) is 40.4 Å². The molecule has 2 atom stereocenters. The smallest absolute Gasteiger partial charge is 0.305 e. The lowest BCUT2D eigenvalue weighted by molar-refractivity contribution is -0.137. The number of benzene rings is 2. The number of carbonyl (C=O) groups excluding carboxylic acids is 2. The van der Waals surface area contributed by atoms with E-state index in [-0.39, 0.29) is 29.8 Å². The van der Waals surface area contributed by atoms with Gasteiger partial charge in [0.1, 0.15) is 6.17 Å². The maximum absolute atomic E-state index is 13.3. The Labute approximate surface area is 213 Å². The molecular formula is C24H24F3N7O4. The van der Waals surface area contributed by atoms with E-state index in [1.54, 1.807) is 6.20 Å². The van der Waals surface area contributed by atoms with E-state index in [9.17, 15) is 32.7 Å². The van der Waals surface area contributed by atoms with Crippen molar-refractivity contribution in [3.05, 3.63) is 59.3 Å². The number of H-pyrrole nitrogens is 1. The van der Waals surface area contributed by atoms with Crippen LogP contribution in [0, 0.1) is 0 Å². The van der Waals surface area contributed by atoms with Gasteiger partial charge in [-0.05, 0) is 23.8 Å². The summed E-state index contributed by atoms with van der Waals surface area (Å²) in [6, 6.07) is 7.07. The number of alkyl halides is 3. The Kier molecular flexibility index (Phi) is 8.09. The van der Waals surface area contributed by atoms with E-state index in [0.29, 0.717) is 22.5 Å². The van der Waals surface area contributed by atoms with E-state index in [1.165, 1.54) is 30.3 Å². The van der Waals surface area contributed by atoms with Crippen molar-refractivity contribution in [1.82, 2.24) is 26.1 Å². The summed E-state index contributed by atoms with van der Waals surface area (Å²) in [6.07, 6.45) is -2.86. The molecule has 38 heavy (non-hydrogen) atoms. The molecule has 3 aromatic rings. The van der Waals surface area contributed by atoms with E-state index in [4.69, 9.17) is 0 Å². The number of hydrogen-bond donors (Lipinski definition) is 6. The highest BCUT2D eigenvalue weighted by atomic mass is 19.3. The van der Waals surface area contributed by atoms with Gasteiger partial charge in [0.25, 0.3) is 12.3 Å². The van der Waals surface area contributed by atoms with Gasteiger partial charge >= 0.3 is 5.97 Å². The maximum atomic E-state index is 13.3. The van der Waals surface area contributed by atoms with E-state index in [0.717, 1.165) is 6.07 Å². The molecule has 2 aromatic carbocycles. The molecule has 1 unspecified atom stereocenters. The molecule has 0 radical (unpaired) electrons. The monoisotopic (exact) mass is 531 g/mol. The van der Waals surface area contributed by atoms with Gasteiger partial charge in [0.05, 0.1) is 49.5 Å². The van der Waals surface area contributed by atoms with Crippen LogP contribution in [0.15, 0.2) is 47.6 Å². The number of fused-ring (bicyclic) bond motifs is 1. The molecule has 1 aliphatic rings. The molecule has 1 aromatic heterocycles. The number of carbonyl (C=O) groups is 3. The van der Waals surface area contributed by atoms with Crippen LogP contribution in [0.2, 0.25) is 0 Å². The zero-order valence-electron chi connectivity index (χ0n) is 19.8. The fourth-order valence-corrected chi connectivity index (χ4v) is 3.86. The lowest BCUT2D eigenvalue weighted by atomic mass is 10.0. The molecule has 0 saturated heterocycles. The Morgan fingerprint density at radius 2 is 1.95 bits per heavy atom. The van der Waals surface area contributed by atoms with E-state index in [1.807, 2.05) is 0 Å². The first-order valence-electron chi connectivity index (χ1n) is 11.5. The molecule has 0 spiro atoms. The molecule has 11 nitrogen and oxygen atoms in total. The van der Waals surface area contributed by atoms with Crippen LogP contribution in [-0.2, 0) is 9.59 Å². The zero-order valence-corrected chi connectivity index (χ0v) is 19.8. The highest BCUT2D eigenvalue weighted by molar-refractivity contribution is 6.07. The number of carboxylic acid groups (broad SMARTS) is 1. The highest BCUT2D eigenvalue weighted by Gasteiger charge is 2.21. The van der Waals surface area contributed by atoms with Gasteiger partial charge in [-0.25, -0.2) is 18.2 Å². The van der Waals surface area contributed by atoms with Crippen molar-refractivity contribution in [3.63, 3.8) is 0 Å². The summed E-state index contributed by atoms with van der Waals surface area (Å²) in [4.78, 5) is 40.7. The molecule has 1 aliphatic heterocycles. The number of aromatic nitrogens is 2. The van der Waals surface area contributed by atoms with Crippen LogP contribution in [0.25, 0.3) is 10.9 Å². The van der Waals surface area contributed by atoms with Crippen LogP contribution in [0.3, 0.4) is 0 Å². The number of aromatic amines is 1. The van der Waals surface area contributed by atoms with Gasteiger partial charge in [-0.1, -0.05) is 18.2 Å². The summed E-state index contributed by atoms with van der Waals surface area (Å²) in [7, 11) is 0. The van der Waals surface area contributed by atoms with Crippen molar-refractivity contribution < 1.29 is 32.7 Å². The summed E-state index contributed by atoms with van der Waals surface area (Å²) in [5, 5.41) is 27.3. The quantitative estimate of drug-likeness (QED) is 0.247. The standard InChI is InChI=1S/C24H24F3N7O4/c25-15-8-29-24(30-9-15)33-18-5-14(6-19-16(18)10-31-34-19)23(38)28-11-20(35)32-17(7-21(36)37)12-2-1-3-13(4-12)22(26)27/h1-6,10,15,17,22H,7-9,11H2,(H,28,38)(H,31,34)(H,32,35)(H,36,37)(H2,29,30,33)/t17-/m0/s1. The Morgan fingerprint density at radius 1 is 1.16 bits per heavy atom. The second-order valence-corrected chi connectivity index (χ2v) is 8.52. The van der Waals surface area contributed by atoms with Crippen molar-refractivity contribution in [2.45, 2.75) is 25.1 Å². The van der Waals surface area contributed by atoms with E-state index >= 15 is 0 Å². The number of rotatable bonds is 9. The van der Waals surface area contributed by atoms with Crippen molar-refractivity contribution >= 4 is 40.3 Å². The Hall–Kier alpha value is -4.62. The first kappa shape index (κ1) is 26.4. The van der Waals surface area contributed by atoms with Crippen LogP contribution in [0.5, 0.6) is 0 Å². The predicted octanol–water partition coefficient (Wildman–Crippen LogP) is 2.27. The third kappa shape index (κ3) is 6.57. The van der Waals surface area contributed by atoms with Crippen molar-refractivity contribution in [3.8, 4) is 0 Å². The second-order valence-electron chi connectivity index (χ2n) is 8.52. The average molecular weight is 531 g/mol. The van der Waals surface area contributed by atoms with Crippen LogP contribution in [-0.4, -0.2) is 64.9 Å². The number of hydrogen-bond acceptors (Lipinski definition) is 7. The van der Waals surface area contributed by atoms with Crippen LogP contribution < -0.4 is 21.3 Å². The number of amides is 2. The van der Waals surface area contributed by atoms with Gasteiger partial charge in [0.2, 0.25) is 5.91 Å². The van der Waals surface area contributed by atoms with Crippen molar-refractivity contribution in [2.75, 3.05) is 25.0 Å². The SMILES string of the molecule is O=C(O)C[C@H](NC(=O)CNC(=O)c1cc(NC2=NCC(F)CN2)c2cn[nH]c2c1)c1cccc(C(F)F)c1. The molecule has 0 fully saturated rings. The number of carboxylic acids is 1. The number of anilines is 1. The Morgan fingerprint density at radius 3 is 2.66 bits per heavy atom. The first-order valence-corrected chi connectivity index (χ1v) is 11.5. The number of halogens is 3. The number of guanidine groups is 1. The lowest BCUT2D eigenvalue weighted by Crippen LogP contribution is -2.41. The molecule has 14 heteroatoms. The summed E-state index contributed by atoms with van der Waals surface area (Å²) < 4.78 is 39.5. The average Bonchev–Trinajstić information content (AvgIpc) is 3.37. The third-order valence-electron chi connectivity index (χ3n) is 5.70. The minimum atomic E-state index is -2.76. The number of aliphatic imine (C=N–C) groups is 1. The lowest BCUT2D eigenvalue weighted by Gasteiger charge is -2.19. The van der Waals surface area contributed by atoms with Crippen molar-refractivity contribution in [1.29, 1.82) is 0 Å². The van der Waals surface area contributed by atoms with Gasteiger partial charge in [-0.3, -0.25) is 19.5 Å². The van der Waals surface area contributed by atoms with Gasteiger partial charge in [-0.2, -0.15) is 5.10 Å².